The summed E-state index contributed by atoms with van der Waals surface area (Å²) in [5.41, 5.74) is 2.85. The summed E-state index contributed by atoms with van der Waals surface area (Å²) in [6, 6.07) is 12.5. The lowest BCUT2D eigenvalue weighted by Crippen LogP contribution is -2.42. The van der Waals surface area contributed by atoms with Gasteiger partial charge in [0.05, 0.1) is 6.61 Å². The van der Waals surface area contributed by atoms with E-state index in [4.69, 9.17) is 4.74 Å². The normalized spacial score (nSPS) is 13.0. The van der Waals surface area contributed by atoms with Gasteiger partial charge in [-0.15, -0.1) is 0 Å². The maximum absolute atomic E-state index is 12.3. The Labute approximate surface area is 188 Å². The molecule has 0 saturated carbocycles. The van der Waals surface area contributed by atoms with Crippen LogP contribution >= 0.6 is 0 Å². The predicted octanol–water partition coefficient (Wildman–Crippen LogP) is 4.29. The number of rotatable bonds is 9. The Morgan fingerprint density at radius 2 is 1.84 bits per heavy atom. The first-order valence-electron chi connectivity index (χ1n) is 11.0. The molecule has 0 bridgehead atoms. The zero-order chi connectivity index (χ0) is 23.1. The Balaban J connectivity index is 1.40. The van der Waals surface area contributed by atoms with Crippen LogP contribution < -0.4 is 20.7 Å². The van der Waals surface area contributed by atoms with Crippen molar-refractivity contribution < 1.29 is 19.1 Å². The monoisotopic (exact) mass is 437 g/mol. The molecule has 0 atom stereocenters. The highest BCUT2D eigenvalue weighted by Crippen LogP contribution is 2.26. The van der Waals surface area contributed by atoms with Crippen LogP contribution in [-0.4, -0.2) is 29.9 Å². The third-order valence-electron chi connectivity index (χ3n) is 5.56. The largest absolute Gasteiger partial charge is 0.494 e. The molecule has 2 aromatic carbocycles. The Bertz CT molecular complexity index is 983. The number of carbonyl (C=O) groups is 3. The van der Waals surface area contributed by atoms with Gasteiger partial charge in [0.25, 0.3) is 5.91 Å². The molecule has 0 saturated heterocycles. The molecule has 7 nitrogen and oxygen atoms in total. The summed E-state index contributed by atoms with van der Waals surface area (Å²) in [6.07, 6.45) is 2.93. The van der Waals surface area contributed by atoms with Gasteiger partial charge in [-0.05, 0) is 81.1 Å². The molecule has 0 radical (unpaired) electrons. The number of nitrogens with one attached hydrogen (secondary N) is 3. The highest BCUT2D eigenvalue weighted by atomic mass is 16.5. The van der Waals surface area contributed by atoms with Gasteiger partial charge in [0.15, 0.2) is 0 Å². The molecule has 3 rings (SSSR count). The number of benzene rings is 2. The zero-order valence-electron chi connectivity index (χ0n) is 18.9. The lowest BCUT2D eigenvalue weighted by atomic mass is 10.0. The number of carbonyl (C=O) groups excluding carboxylic acids is 3. The van der Waals surface area contributed by atoms with Crippen LogP contribution in [0, 0.1) is 0 Å². The highest BCUT2D eigenvalue weighted by molar-refractivity contribution is 5.96. The molecular weight excluding hydrogens is 406 g/mol. The van der Waals surface area contributed by atoms with E-state index in [1.54, 1.807) is 24.3 Å². The molecule has 7 heteroatoms. The molecule has 3 N–H and O–H groups in total. The molecule has 0 aliphatic carbocycles. The molecule has 0 fully saturated rings. The summed E-state index contributed by atoms with van der Waals surface area (Å²) in [4.78, 5) is 35.9. The Morgan fingerprint density at radius 1 is 1.09 bits per heavy atom. The van der Waals surface area contributed by atoms with Crippen LogP contribution in [0.3, 0.4) is 0 Å². The zero-order valence-corrected chi connectivity index (χ0v) is 18.9. The number of ether oxygens (including phenoxy) is 1. The van der Waals surface area contributed by atoms with Gasteiger partial charge in [0.2, 0.25) is 11.8 Å². The van der Waals surface area contributed by atoms with Crippen LogP contribution in [0.2, 0.25) is 0 Å². The average molecular weight is 438 g/mol. The summed E-state index contributed by atoms with van der Waals surface area (Å²) in [5.74, 6) is 0.540. The summed E-state index contributed by atoms with van der Waals surface area (Å²) in [6.45, 7) is 6.41. The molecule has 2 aromatic rings. The van der Waals surface area contributed by atoms with E-state index in [9.17, 15) is 14.4 Å². The number of hydrogen-bond acceptors (Lipinski definition) is 4. The Kier molecular flexibility index (Phi) is 7.51. The number of amides is 3. The topological polar surface area (TPSA) is 96.5 Å². The molecule has 1 aliphatic rings. The maximum atomic E-state index is 12.3. The number of fused-ring (bicyclic) bond motifs is 1. The lowest BCUT2D eigenvalue weighted by molar-refractivity contribution is -0.117. The molecule has 0 spiro atoms. The average Bonchev–Trinajstić information content (AvgIpc) is 2.77. The summed E-state index contributed by atoms with van der Waals surface area (Å²) in [5, 5.41) is 8.68. The molecule has 0 aromatic heterocycles. The van der Waals surface area contributed by atoms with Crippen molar-refractivity contribution in [3.8, 4) is 5.75 Å². The molecule has 1 heterocycles. The number of aryl methyl sites for hydroxylation is 1. The molecule has 0 unspecified atom stereocenters. The van der Waals surface area contributed by atoms with E-state index in [1.165, 1.54) is 0 Å². The van der Waals surface area contributed by atoms with Gasteiger partial charge in [-0.2, -0.15) is 0 Å². The fourth-order valence-electron chi connectivity index (χ4n) is 3.27. The van der Waals surface area contributed by atoms with Crippen molar-refractivity contribution in [1.82, 2.24) is 5.32 Å². The van der Waals surface area contributed by atoms with E-state index in [0.717, 1.165) is 23.4 Å². The van der Waals surface area contributed by atoms with Crippen molar-refractivity contribution in [2.75, 3.05) is 17.2 Å². The third kappa shape index (κ3) is 6.57. The van der Waals surface area contributed by atoms with Gasteiger partial charge in [-0.1, -0.05) is 6.92 Å². The van der Waals surface area contributed by atoms with Crippen LogP contribution in [-0.2, 0) is 16.0 Å². The standard InChI is InChI=1S/C25H31N3O4/c1-4-25(2,3)28-24(31)17-7-10-19(11-8-17)26-22(29)6-5-15-32-20-12-13-21-18(16-20)9-14-23(30)27-21/h7-8,10-13,16H,4-6,9,14-15H2,1-3H3,(H,26,29)(H,27,30)(H,28,31). The molecule has 32 heavy (non-hydrogen) atoms. The number of hydrogen-bond donors (Lipinski definition) is 3. The van der Waals surface area contributed by atoms with Crippen LogP contribution in [0.1, 0.15) is 62.4 Å². The van der Waals surface area contributed by atoms with Crippen molar-refractivity contribution in [3.63, 3.8) is 0 Å². The first-order chi connectivity index (χ1) is 15.3. The fourth-order valence-corrected chi connectivity index (χ4v) is 3.27. The summed E-state index contributed by atoms with van der Waals surface area (Å²) >= 11 is 0. The van der Waals surface area contributed by atoms with Gasteiger partial charge < -0.3 is 20.7 Å². The Morgan fingerprint density at radius 3 is 2.56 bits per heavy atom. The fraction of sp³-hybridized carbons (Fsp3) is 0.400. The second kappa shape index (κ2) is 10.3. The van der Waals surface area contributed by atoms with Gasteiger partial charge >= 0.3 is 0 Å². The lowest BCUT2D eigenvalue weighted by Gasteiger charge is -2.24. The number of anilines is 2. The van der Waals surface area contributed by atoms with E-state index in [2.05, 4.69) is 16.0 Å². The molecular formula is C25H31N3O4. The minimum absolute atomic E-state index is 0.0375. The van der Waals surface area contributed by atoms with Crippen molar-refractivity contribution in [1.29, 1.82) is 0 Å². The first kappa shape index (κ1) is 23.3. The second-order valence-electron chi connectivity index (χ2n) is 8.64. The Hall–Kier alpha value is -3.35. The van der Waals surface area contributed by atoms with Crippen molar-refractivity contribution in [2.24, 2.45) is 0 Å². The van der Waals surface area contributed by atoms with E-state index >= 15 is 0 Å². The summed E-state index contributed by atoms with van der Waals surface area (Å²) < 4.78 is 5.75. The molecule has 170 valence electrons. The molecule has 1 aliphatic heterocycles. The quantitative estimate of drug-likeness (QED) is 0.510. The van der Waals surface area contributed by atoms with Crippen LogP contribution in [0.25, 0.3) is 0 Å². The van der Waals surface area contributed by atoms with Crippen molar-refractivity contribution in [3.05, 3.63) is 53.6 Å². The van der Waals surface area contributed by atoms with Gasteiger partial charge in [-0.3, -0.25) is 14.4 Å². The van der Waals surface area contributed by atoms with Crippen LogP contribution in [0.15, 0.2) is 42.5 Å². The van der Waals surface area contributed by atoms with Gasteiger partial charge in [0, 0.05) is 35.3 Å². The third-order valence-corrected chi connectivity index (χ3v) is 5.56. The second-order valence-corrected chi connectivity index (χ2v) is 8.64. The van der Waals surface area contributed by atoms with Crippen LogP contribution in [0.4, 0.5) is 11.4 Å². The smallest absolute Gasteiger partial charge is 0.251 e. The summed E-state index contributed by atoms with van der Waals surface area (Å²) in [7, 11) is 0. The first-order valence-corrected chi connectivity index (χ1v) is 11.0. The van der Waals surface area contributed by atoms with E-state index in [-0.39, 0.29) is 23.3 Å². The predicted molar refractivity (Wildman–Crippen MR) is 125 cm³/mol. The van der Waals surface area contributed by atoms with Crippen molar-refractivity contribution >= 4 is 29.1 Å². The van der Waals surface area contributed by atoms with E-state index in [0.29, 0.717) is 43.5 Å². The maximum Gasteiger partial charge on any atom is 0.251 e. The van der Waals surface area contributed by atoms with Gasteiger partial charge in [-0.25, -0.2) is 0 Å². The van der Waals surface area contributed by atoms with Crippen LogP contribution in [0.5, 0.6) is 5.75 Å². The van der Waals surface area contributed by atoms with E-state index in [1.807, 2.05) is 39.0 Å². The van der Waals surface area contributed by atoms with E-state index < -0.39 is 0 Å². The van der Waals surface area contributed by atoms with Crippen molar-refractivity contribution in [2.45, 2.75) is 58.4 Å². The minimum atomic E-state index is -0.263. The minimum Gasteiger partial charge on any atom is -0.494 e. The highest BCUT2D eigenvalue weighted by Gasteiger charge is 2.19. The van der Waals surface area contributed by atoms with Gasteiger partial charge in [0.1, 0.15) is 5.75 Å². The SMILES string of the molecule is CCC(C)(C)NC(=O)c1ccc(NC(=O)CCCOc2ccc3c(c2)CCC(=O)N3)cc1. The molecule has 3 amide bonds.